The minimum absolute atomic E-state index is 0.125. The third-order valence-corrected chi connectivity index (χ3v) is 4.36. The Labute approximate surface area is 123 Å². The summed E-state index contributed by atoms with van der Waals surface area (Å²) >= 11 is 0. The molecule has 1 aliphatic carbocycles. The standard InChI is InChI=1S/C16H30N4/c1-11-14(10-17-16(3,4)5)15(20(7)18-11)19(6)12(2)13-8-9-13/h12-13,17H,8-10H2,1-7H3. The van der Waals surface area contributed by atoms with E-state index < -0.39 is 0 Å². The molecular weight excluding hydrogens is 248 g/mol. The van der Waals surface area contributed by atoms with Gasteiger partial charge in [0.1, 0.15) is 5.82 Å². The summed E-state index contributed by atoms with van der Waals surface area (Å²) in [5.41, 5.74) is 2.59. The molecule has 0 aliphatic heterocycles. The Balaban J connectivity index is 2.22. The molecule has 0 saturated heterocycles. The molecule has 0 spiro atoms. The second kappa shape index (κ2) is 5.40. The van der Waals surface area contributed by atoms with E-state index in [1.165, 1.54) is 24.2 Å². The van der Waals surface area contributed by atoms with Crippen LogP contribution in [0, 0.1) is 12.8 Å². The topological polar surface area (TPSA) is 33.1 Å². The highest BCUT2D eigenvalue weighted by Gasteiger charge is 2.32. The van der Waals surface area contributed by atoms with Gasteiger partial charge in [-0.05, 0) is 53.4 Å². The lowest BCUT2D eigenvalue weighted by Gasteiger charge is -2.29. The molecule has 1 heterocycles. The third-order valence-electron chi connectivity index (χ3n) is 4.36. The molecule has 1 N–H and O–H groups in total. The fraction of sp³-hybridized carbons (Fsp3) is 0.812. The number of aryl methyl sites for hydroxylation is 2. The first-order chi connectivity index (χ1) is 9.20. The van der Waals surface area contributed by atoms with Gasteiger partial charge in [-0.15, -0.1) is 0 Å². The van der Waals surface area contributed by atoms with E-state index in [1.807, 2.05) is 4.68 Å². The average Bonchev–Trinajstić information content (AvgIpc) is 3.11. The van der Waals surface area contributed by atoms with Crippen LogP contribution in [0.5, 0.6) is 0 Å². The average molecular weight is 278 g/mol. The summed E-state index contributed by atoms with van der Waals surface area (Å²) in [6.07, 6.45) is 2.75. The van der Waals surface area contributed by atoms with Gasteiger partial charge in [-0.2, -0.15) is 5.10 Å². The van der Waals surface area contributed by atoms with Gasteiger partial charge >= 0.3 is 0 Å². The minimum atomic E-state index is 0.125. The van der Waals surface area contributed by atoms with Crippen LogP contribution >= 0.6 is 0 Å². The maximum absolute atomic E-state index is 4.63. The first-order valence-electron chi connectivity index (χ1n) is 7.71. The van der Waals surface area contributed by atoms with E-state index in [0.717, 1.165) is 18.2 Å². The Morgan fingerprint density at radius 3 is 2.50 bits per heavy atom. The highest BCUT2D eigenvalue weighted by Crippen LogP contribution is 2.37. The van der Waals surface area contributed by atoms with Crippen molar-refractivity contribution >= 4 is 5.82 Å². The summed E-state index contributed by atoms with van der Waals surface area (Å²) in [4.78, 5) is 2.41. The van der Waals surface area contributed by atoms with E-state index in [2.05, 4.69) is 64.0 Å². The third kappa shape index (κ3) is 3.35. The molecule has 20 heavy (non-hydrogen) atoms. The lowest BCUT2D eigenvalue weighted by atomic mass is 10.1. The van der Waals surface area contributed by atoms with Crippen molar-refractivity contribution in [3.05, 3.63) is 11.3 Å². The Morgan fingerprint density at radius 1 is 1.40 bits per heavy atom. The smallest absolute Gasteiger partial charge is 0.131 e. The fourth-order valence-electron chi connectivity index (χ4n) is 2.78. The van der Waals surface area contributed by atoms with E-state index >= 15 is 0 Å². The molecule has 0 bridgehead atoms. The number of aromatic nitrogens is 2. The van der Waals surface area contributed by atoms with Crippen LogP contribution in [-0.4, -0.2) is 28.4 Å². The molecule has 0 radical (unpaired) electrons. The van der Waals surface area contributed by atoms with E-state index in [9.17, 15) is 0 Å². The summed E-state index contributed by atoms with van der Waals surface area (Å²) in [5, 5.41) is 8.22. The van der Waals surface area contributed by atoms with Crippen LogP contribution in [0.25, 0.3) is 0 Å². The molecule has 1 unspecified atom stereocenters. The highest BCUT2D eigenvalue weighted by molar-refractivity contribution is 5.50. The van der Waals surface area contributed by atoms with Crippen molar-refractivity contribution in [3.8, 4) is 0 Å². The Morgan fingerprint density at radius 2 is 2.00 bits per heavy atom. The first kappa shape index (κ1) is 15.4. The summed E-state index contributed by atoms with van der Waals surface area (Å²) in [5.74, 6) is 2.12. The predicted molar refractivity (Wildman–Crippen MR) is 85.1 cm³/mol. The summed E-state index contributed by atoms with van der Waals surface area (Å²) in [7, 11) is 4.26. The van der Waals surface area contributed by atoms with Crippen molar-refractivity contribution in [3.63, 3.8) is 0 Å². The second-order valence-corrected chi connectivity index (χ2v) is 7.30. The molecule has 0 amide bonds. The van der Waals surface area contributed by atoms with Gasteiger partial charge in [-0.3, -0.25) is 4.68 Å². The Hall–Kier alpha value is -1.03. The maximum atomic E-state index is 4.63. The molecule has 4 nitrogen and oxygen atoms in total. The number of rotatable bonds is 5. The summed E-state index contributed by atoms with van der Waals surface area (Å²) in [6, 6.07) is 0.596. The zero-order valence-electron chi connectivity index (χ0n) is 14.1. The van der Waals surface area contributed by atoms with Gasteiger partial charge < -0.3 is 10.2 Å². The van der Waals surface area contributed by atoms with Crippen LogP contribution in [0.3, 0.4) is 0 Å². The van der Waals surface area contributed by atoms with Crippen LogP contribution in [0.2, 0.25) is 0 Å². The number of hydrogen-bond donors (Lipinski definition) is 1. The first-order valence-corrected chi connectivity index (χ1v) is 7.71. The van der Waals surface area contributed by atoms with Gasteiger partial charge in [-0.1, -0.05) is 0 Å². The normalized spacial score (nSPS) is 17.4. The number of nitrogens with zero attached hydrogens (tertiary/aromatic N) is 3. The van der Waals surface area contributed by atoms with E-state index in [4.69, 9.17) is 0 Å². The molecule has 1 saturated carbocycles. The number of nitrogens with one attached hydrogen (secondary N) is 1. The quantitative estimate of drug-likeness (QED) is 0.899. The largest absolute Gasteiger partial charge is 0.357 e. The molecular formula is C16H30N4. The molecule has 2 rings (SSSR count). The zero-order valence-corrected chi connectivity index (χ0v) is 14.1. The number of hydrogen-bond acceptors (Lipinski definition) is 3. The lowest BCUT2D eigenvalue weighted by molar-refractivity contribution is 0.423. The van der Waals surface area contributed by atoms with Gasteiger partial charge in [0.25, 0.3) is 0 Å². The van der Waals surface area contributed by atoms with Gasteiger partial charge in [0.15, 0.2) is 0 Å². The van der Waals surface area contributed by atoms with Gasteiger partial charge in [0.2, 0.25) is 0 Å². The van der Waals surface area contributed by atoms with Gasteiger partial charge in [-0.25, -0.2) is 0 Å². The molecule has 0 aromatic carbocycles. The van der Waals surface area contributed by atoms with Crippen LogP contribution in [0.4, 0.5) is 5.82 Å². The minimum Gasteiger partial charge on any atom is -0.357 e. The van der Waals surface area contributed by atoms with Crippen LogP contribution < -0.4 is 10.2 Å². The van der Waals surface area contributed by atoms with Crippen molar-refractivity contribution in [2.45, 2.75) is 65.6 Å². The van der Waals surface area contributed by atoms with Crippen LogP contribution in [0.1, 0.15) is 51.8 Å². The molecule has 1 aliphatic rings. The van der Waals surface area contributed by atoms with E-state index in [0.29, 0.717) is 6.04 Å². The molecule has 1 aromatic heterocycles. The molecule has 1 aromatic rings. The monoisotopic (exact) mass is 278 g/mol. The van der Waals surface area contributed by atoms with Gasteiger partial charge in [0.05, 0.1) is 5.69 Å². The Kier molecular flexibility index (Phi) is 4.14. The van der Waals surface area contributed by atoms with Crippen molar-refractivity contribution < 1.29 is 0 Å². The molecule has 1 fully saturated rings. The summed E-state index contributed by atoms with van der Waals surface area (Å²) < 4.78 is 2.04. The second-order valence-electron chi connectivity index (χ2n) is 7.30. The van der Waals surface area contributed by atoms with Crippen molar-refractivity contribution in [2.24, 2.45) is 13.0 Å². The molecule has 1 atom stereocenters. The lowest BCUT2D eigenvalue weighted by Crippen LogP contribution is -2.37. The van der Waals surface area contributed by atoms with Crippen molar-refractivity contribution in [1.82, 2.24) is 15.1 Å². The van der Waals surface area contributed by atoms with Crippen molar-refractivity contribution in [2.75, 3.05) is 11.9 Å². The SMILES string of the molecule is Cc1nn(C)c(N(C)C(C)C2CC2)c1CNC(C)(C)C. The predicted octanol–water partition coefficient (Wildman–Crippen LogP) is 2.85. The van der Waals surface area contributed by atoms with E-state index in [-0.39, 0.29) is 5.54 Å². The highest BCUT2D eigenvalue weighted by atomic mass is 15.4. The number of anilines is 1. The van der Waals surface area contributed by atoms with Crippen LogP contribution in [0.15, 0.2) is 0 Å². The Bertz CT molecular complexity index is 466. The van der Waals surface area contributed by atoms with Gasteiger partial charge in [0, 0.05) is 37.8 Å². The van der Waals surface area contributed by atoms with E-state index in [1.54, 1.807) is 0 Å². The zero-order chi connectivity index (χ0) is 15.1. The maximum Gasteiger partial charge on any atom is 0.131 e. The molecule has 114 valence electrons. The van der Waals surface area contributed by atoms with Crippen LogP contribution in [-0.2, 0) is 13.6 Å². The molecule has 4 heteroatoms. The fourth-order valence-corrected chi connectivity index (χ4v) is 2.78. The summed E-state index contributed by atoms with van der Waals surface area (Å²) in [6.45, 7) is 11.9. The van der Waals surface area contributed by atoms with Crippen molar-refractivity contribution in [1.29, 1.82) is 0 Å².